The molecule has 0 aromatic carbocycles. The van der Waals surface area contributed by atoms with Gasteiger partial charge in [0.25, 0.3) is 0 Å². The molecule has 0 aromatic heterocycles. The zero-order chi connectivity index (χ0) is 10.3. The van der Waals surface area contributed by atoms with Crippen molar-refractivity contribution in [2.24, 2.45) is 0 Å². The number of hydroxylamine groups is 1. The van der Waals surface area contributed by atoms with E-state index >= 15 is 0 Å². The number of nitrogens with one attached hydrogen (secondary N) is 1. The summed E-state index contributed by atoms with van der Waals surface area (Å²) in [4.78, 5) is 25.3. The molecule has 6 heteroatoms. The molecule has 0 heterocycles. The molecular weight excluding hydrogens is 181 g/mol. The maximum atomic E-state index is 11.8. The smallest absolute Gasteiger partial charge is 0.440 e. The third-order valence-electron chi connectivity index (χ3n) is 0.952. The molecule has 0 spiro atoms. The summed E-state index contributed by atoms with van der Waals surface area (Å²) in [5, 5.41) is 0. The molecule has 0 radical (unpaired) electrons. The number of amides is 1. The van der Waals surface area contributed by atoms with Crippen molar-refractivity contribution in [3.63, 3.8) is 0 Å². The summed E-state index contributed by atoms with van der Waals surface area (Å²) in [6.45, 7) is 3.76. The van der Waals surface area contributed by atoms with E-state index in [0.717, 1.165) is 0 Å². The standard InChI is InChI=1S/C7H10FNO4/c1-3-12-7(11)9-13-6(10)5(2)4-8/h2-4H2,1H3,(H,9,11). The highest BCUT2D eigenvalue weighted by molar-refractivity contribution is 5.88. The van der Waals surface area contributed by atoms with E-state index < -0.39 is 18.7 Å². The van der Waals surface area contributed by atoms with E-state index in [4.69, 9.17) is 0 Å². The Morgan fingerprint density at radius 3 is 2.62 bits per heavy atom. The van der Waals surface area contributed by atoms with Crippen LogP contribution >= 0.6 is 0 Å². The quantitative estimate of drug-likeness (QED) is 0.527. The molecule has 0 aliphatic carbocycles. The van der Waals surface area contributed by atoms with Crippen molar-refractivity contribution in [3.05, 3.63) is 12.2 Å². The van der Waals surface area contributed by atoms with Crippen molar-refractivity contribution < 1.29 is 23.6 Å². The summed E-state index contributed by atoms with van der Waals surface area (Å²) in [7, 11) is 0. The molecular formula is C7H10FNO4. The van der Waals surface area contributed by atoms with Gasteiger partial charge in [-0.25, -0.2) is 14.0 Å². The lowest BCUT2D eigenvalue weighted by Crippen LogP contribution is -2.28. The highest BCUT2D eigenvalue weighted by atomic mass is 19.1. The first-order valence-corrected chi connectivity index (χ1v) is 3.49. The minimum Gasteiger partial charge on any atom is -0.448 e. The van der Waals surface area contributed by atoms with Crippen molar-refractivity contribution in [1.29, 1.82) is 0 Å². The summed E-state index contributed by atoms with van der Waals surface area (Å²) in [5.74, 6) is -1.03. The molecule has 0 aromatic rings. The average Bonchev–Trinajstić information content (AvgIpc) is 2.13. The molecule has 0 bridgehead atoms. The van der Waals surface area contributed by atoms with Gasteiger partial charge in [0.2, 0.25) is 0 Å². The zero-order valence-electron chi connectivity index (χ0n) is 7.13. The van der Waals surface area contributed by atoms with Gasteiger partial charge < -0.3 is 9.57 Å². The zero-order valence-corrected chi connectivity index (χ0v) is 7.13. The van der Waals surface area contributed by atoms with Gasteiger partial charge in [0.15, 0.2) is 0 Å². The fourth-order valence-electron chi connectivity index (χ4n) is 0.375. The molecule has 0 fully saturated rings. The summed E-state index contributed by atoms with van der Waals surface area (Å²) in [6, 6.07) is 0. The maximum Gasteiger partial charge on any atom is 0.440 e. The Morgan fingerprint density at radius 1 is 1.54 bits per heavy atom. The maximum absolute atomic E-state index is 11.8. The first kappa shape index (κ1) is 11.4. The fraction of sp³-hybridized carbons (Fsp3) is 0.429. The Bertz CT molecular complexity index is 217. The van der Waals surface area contributed by atoms with Crippen molar-refractivity contribution in [3.8, 4) is 0 Å². The van der Waals surface area contributed by atoms with E-state index in [1.165, 1.54) is 0 Å². The van der Waals surface area contributed by atoms with E-state index in [1.807, 2.05) is 0 Å². The van der Waals surface area contributed by atoms with Gasteiger partial charge in [-0.15, -0.1) is 5.48 Å². The molecule has 13 heavy (non-hydrogen) atoms. The van der Waals surface area contributed by atoms with Gasteiger partial charge in [0.1, 0.15) is 6.67 Å². The highest BCUT2D eigenvalue weighted by Gasteiger charge is 2.10. The van der Waals surface area contributed by atoms with Crippen molar-refractivity contribution >= 4 is 12.1 Å². The number of rotatable bonds is 3. The van der Waals surface area contributed by atoms with E-state index in [9.17, 15) is 14.0 Å². The topological polar surface area (TPSA) is 64.6 Å². The predicted octanol–water partition coefficient (Wildman–Crippen LogP) is 0.716. The molecule has 1 N–H and O–H groups in total. The van der Waals surface area contributed by atoms with Crippen LogP contribution in [0, 0.1) is 0 Å². The van der Waals surface area contributed by atoms with Gasteiger partial charge in [-0.1, -0.05) is 6.58 Å². The SMILES string of the molecule is C=C(CF)C(=O)ONC(=O)OCC. The van der Waals surface area contributed by atoms with E-state index in [-0.39, 0.29) is 12.2 Å². The largest absolute Gasteiger partial charge is 0.448 e. The minimum atomic E-state index is -1.03. The molecule has 0 rings (SSSR count). The van der Waals surface area contributed by atoms with Crippen LogP contribution in [0.15, 0.2) is 12.2 Å². The average molecular weight is 191 g/mol. The lowest BCUT2D eigenvalue weighted by atomic mass is 10.3. The van der Waals surface area contributed by atoms with Crippen LogP contribution in [0.2, 0.25) is 0 Å². The molecule has 1 amide bonds. The van der Waals surface area contributed by atoms with Crippen molar-refractivity contribution in [2.45, 2.75) is 6.92 Å². The Hall–Kier alpha value is -1.59. The Morgan fingerprint density at radius 2 is 2.15 bits per heavy atom. The molecule has 0 aliphatic rings. The number of halogens is 1. The first-order chi connectivity index (χ1) is 6.11. The minimum absolute atomic E-state index is 0.146. The van der Waals surface area contributed by atoms with Crippen LogP contribution in [0.5, 0.6) is 0 Å². The predicted molar refractivity (Wildman–Crippen MR) is 41.4 cm³/mol. The van der Waals surface area contributed by atoms with Crippen LogP contribution in [0.4, 0.5) is 9.18 Å². The number of hydrogen-bond donors (Lipinski definition) is 1. The third-order valence-corrected chi connectivity index (χ3v) is 0.952. The van der Waals surface area contributed by atoms with Crippen LogP contribution < -0.4 is 5.48 Å². The highest BCUT2D eigenvalue weighted by Crippen LogP contribution is 1.93. The lowest BCUT2D eigenvalue weighted by Gasteiger charge is -2.04. The summed E-state index contributed by atoms with van der Waals surface area (Å²) in [6.07, 6.45) is -0.914. The van der Waals surface area contributed by atoms with Gasteiger partial charge in [-0.05, 0) is 6.92 Å². The molecule has 74 valence electrons. The summed E-state index contributed by atoms with van der Waals surface area (Å²) < 4.78 is 16.1. The normalized spacial score (nSPS) is 8.77. The van der Waals surface area contributed by atoms with Crippen molar-refractivity contribution in [1.82, 2.24) is 5.48 Å². The van der Waals surface area contributed by atoms with Gasteiger partial charge in [-0.2, -0.15) is 0 Å². The number of carbonyl (C=O) groups excluding carboxylic acids is 2. The van der Waals surface area contributed by atoms with E-state index in [1.54, 1.807) is 12.4 Å². The first-order valence-electron chi connectivity index (χ1n) is 3.49. The number of alkyl halides is 1. The van der Waals surface area contributed by atoms with Gasteiger partial charge in [-0.3, -0.25) is 0 Å². The molecule has 0 atom stereocenters. The second-order valence-corrected chi connectivity index (χ2v) is 1.95. The van der Waals surface area contributed by atoms with Crippen LogP contribution in [-0.2, 0) is 14.4 Å². The van der Waals surface area contributed by atoms with Crippen LogP contribution in [0.25, 0.3) is 0 Å². The third kappa shape index (κ3) is 4.78. The molecule has 0 unspecified atom stereocenters. The summed E-state index contributed by atoms with van der Waals surface area (Å²) >= 11 is 0. The van der Waals surface area contributed by atoms with Crippen LogP contribution in [0.3, 0.4) is 0 Å². The Balaban J connectivity index is 3.70. The Kier molecular flexibility index (Phi) is 5.25. The molecule has 0 saturated heterocycles. The van der Waals surface area contributed by atoms with E-state index in [0.29, 0.717) is 0 Å². The second kappa shape index (κ2) is 5.99. The van der Waals surface area contributed by atoms with Gasteiger partial charge in [0, 0.05) is 0 Å². The molecule has 0 aliphatic heterocycles. The number of carbonyl (C=O) groups is 2. The van der Waals surface area contributed by atoms with Crippen LogP contribution in [0.1, 0.15) is 6.92 Å². The summed E-state index contributed by atoms with van der Waals surface area (Å²) in [5.41, 5.74) is 1.28. The van der Waals surface area contributed by atoms with E-state index in [2.05, 4.69) is 16.2 Å². The second-order valence-electron chi connectivity index (χ2n) is 1.95. The molecule has 0 saturated carbocycles. The molecule has 5 nitrogen and oxygen atoms in total. The van der Waals surface area contributed by atoms with Gasteiger partial charge in [0.05, 0.1) is 12.2 Å². The van der Waals surface area contributed by atoms with Crippen LogP contribution in [-0.4, -0.2) is 25.3 Å². The Labute approximate surface area is 74.5 Å². The number of hydrogen-bond acceptors (Lipinski definition) is 4. The monoisotopic (exact) mass is 191 g/mol. The fourth-order valence-corrected chi connectivity index (χ4v) is 0.375. The van der Waals surface area contributed by atoms with Gasteiger partial charge >= 0.3 is 12.1 Å². The lowest BCUT2D eigenvalue weighted by molar-refractivity contribution is -0.145. The number of ether oxygens (including phenoxy) is 1. The van der Waals surface area contributed by atoms with Crippen molar-refractivity contribution in [2.75, 3.05) is 13.3 Å².